The second-order valence-electron chi connectivity index (χ2n) is 9.22. The molecule has 14 heteroatoms. The monoisotopic (exact) mass is 602 g/mol. The maximum absolute atomic E-state index is 15.2. The van der Waals surface area contributed by atoms with Crippen molar-refractivity contribution >= 4 is 29.2 Å². The Morgan fingerprint density at radius 1 is 1.00 bits per heavy atom. The minimum Gasteiger partial charge on any atom is -0.343 e. The van der Waals surface area contributed by atoms with E-state index < -0.39 is 71.6 Å². The number of nitrogens with one attached hydrogen (secondary N) is 1. The van der Waals surface area contributed by atoms with Crippen LogP contribution >= 0.6 is 11.6 Å². The Morgan fingerprint density at radius 3 is 2.02 bits per heavy atom. The van der Waals surface area contributed by atoms with Gasteiger partial charge in [0.1, 0.15) is 12.4 Å². The number of aryl methyl sites for hydroxylation is 2. The molecule has 0 spiro atoms. The second-order valence-corrected chi connectivity index (χ2v) is 9.60. The summed E-state index contributed by atoms with van der Waals surface area (Å²) in [5.74, 6) is -9.56. The Kier molecular flexibility index (Phi) is 9.99. The topological polar surface area (TPSA) is 49.4 Å². The predicted molar refractivity (Wildman–Crippen MR) is 131 cm³/mol. The van der Waals surface area contributed by atoms with Crippen LogP contribution < -0.4 is 5.32 Å². The summed E-state index contributed by atoms with van der Waals surface area (Å²) >= 11 is 6.07. The Labute approximate surface area is 228 Å². The number of hydrogen-bond donors (Lipinski definition) is 1. The minimum absolute atomic E-state index is 0.0331. The van der Waals surface area contributed by atoms with Crippen molar-refractivity contribution in [2.24, 2.45) is 0 Å². The van der Waals surface area contributed by atoms with Crippen molar-refractivity contribution in [1.29, 1.82) is 0 Å². The highest BCUT2D eigenvalue weighted by atomic mass is 35.5. The lowest BCUT2D eigenvalue weighted by atomic mass is 9.89. The number of carbonyl (C=O) groups is 2. The number of alkyl halides is 8. The van der Waals surface area contributed by atoms with E-state index in [4.69, 9.17) is 11.6 Å². The van der Waals surface area contributed by atoms with Gasteiger partial charge in [0.15, 0.2) is 0 Å². The number of halogens is 10. The van der Waals surface area contributed by atoms with Crippen molar-refractivity contribution in [3.8, 4) is 0 Å². The summed E-state index contributed by atoms with van der Waals surface area (Å²) in [6, 6.07) is 4.17. The average Bonchev–Trinajstić information content (AvgIpc) is 2.80. The van der Waals surface area contributed by atoms with E-state index in [1.807, 2.05) is 0 Å². The molecule has 2 amide bonds. The van der Waals surface area contributed by atoms with Gasteiger partial charge in [-0.25, -0.2) is 13.2 Å². The van der Waals surface area contributed by atoms with Crippen LogP contribution in [-0.4, -0.2) is 49.0 Å². The first-order chi connectivity index (χ1) is 18.1. The van der Waals surface area contributed by atoms with E-state index in [2.05, 4.69) is 0 Å². The van der Waals surface area contributed by atoms with Crippen molar-refractivity contribution in [2.75, 3.05) is 20.1 Å². The van der Waals surface area contributed by atoms with E-state index in [1.54, 1.807) is 19.2 Å². The van der Waals surface area contributed by atoms with Crippen LogP contribution in [0.1, 0.15) is 51.0 Å². The van der Waals surface area contributed by atoms with Crippen LogP contribution in [0.4, 0.5) is 39.5 Å². The van der Waals surface area contributed by atoms with Crippen LogP contribution in [0, 0.1) is 13.8 Å². The van der Waals surface area contributed by atoms with Crippen LogP contribution in [0.3, 0.4) is 0 Å². The second kappa shape index (κ2) is 12.1. The van der Waals surface area contributed by atoms with Gasteiger partial charge < -0.3 is 10.2 Å². The summed E-state index contributed by atoms with van der Waals surface area (Å²) < 4.78 is 123. The molecule has 0 aliphatic rings. The van der Waals surface area contributed by atoms with E-state index in [9.17, 15) is 44.7 Å². The van der Waals surface area contributed by atoms with Crippen LogP contribution in [0.2, 0.25) is 5.02 Å². The molecule has 0 heterocycles. The summed E-state index contributed by atoms with van der Waals surface area (Å²) in [6.07, 6.45) is -9.50. The third-order valence-electron chi connectivity index (χ3n) is 5.76. The summed E-state index contributed by atoms with van der Waals surface area (Å²) in [5, 5.41) is 2.11. The van der Waals surface area contributed by atoms with Crippen LogP contribution in [0.5, 0.6) is 0 Å². The largest absolute Gasteiger partial charge is 0.417 e. The van der Waals surface area contributed by atoms with Gasteiger partial charge in [-0.15, -0.1) is 0 Å². The molecule has 0 aliphatic heterocycles. The highest BCUT2D eigenvalue weighted by Gasteiger charge is 2.38. The Bertz CT molecular complexity index is 1280. The highest BCUT2D eigenvalue weighted by Crippen LogP contribution is 2.40. The van der Waals surface area contributed by atoms with Crippen molar-refractivity contribution in [3.63, 3.8) is 0 Å². The fourth-order valence-electron chi connectivity index (χ4n) is 3.81. The van der Waals surface area contributed by atoms with Crippen LogP contribution in [0.25, 0.3) is 5.83 Å². The maximum Gasteiger partial charge on any atom is 0.417 e. The zero-order valence-electron chi connectivity index (χ0n) is 21.5. The van der Waals surface area contributed by atoms with Crippen molar-refractivity contribution < 1.29 is 49.1 Å². The van der Waals surface area contributed by atoms with Gasteiger partial charge in [0.05, 0.1) is 23.6 Å². The first-order valence-corrected chi connectivity index (χ1v) is 11.8. The van der Waals surface area contributed by atoms with Crippen molar-refractivity contribution in [1.82, 2.24) is 10.2 Å². The van der Waals surface area contributed by atoms with Gasteiger partial charge in [0.25, 0.3) is 11.8 Å². The number of benzene rings is 2. The Hall–Kier alpha value is -3.22. The molecule has 40 heavy (non-hydrogen) atoms. The lowest BCUT2D eigenvalue weighted by molar-refractivity contribution is -0.157. The van der Waals surface area contributed by atoms with E-state index in [1.165, 1.54) is 12.1 Å². The van der Waals surface area contributed by atoms with Gasteiger partial charge >= 0.3 is 12.4 Å². The third-order valence-corrected chi connectivity index (χ3v) is 6.36. The molecule has 0 radical (unpaired) electrons. The van der Waals surface area contributed by atoms with E-state index in [-0.39, 0.29) is 16.5 Å². The van der Waals surface area contributed by atoms with Gasteiger partial charge in [0, 0.05) is 24.6 Å². The molecule has 2 aromatic carbocycles. The number of allylic oxidation sites excluding steroid dienone is 1. The first kappa shape index (κ1) is 33.0. The summed E-state index contributed by atoms with van der Waals surface area (Å²) in [7, 11) is 0.785. The molecule has 1 unspecified atom stereocenters. The molecule has 0 saturated heterocycles. The number of likely N-dealkylation sites (N-methyl/N-ethyl adjacent to an activating group) is 1. The fourth-order valence-corrected chi connectivity index (χ4v) is 3.91. The lowest BCUT2D eigenvalue weighted by Crippen LogP contribution is -2.42. The standard InChI is InChI=1S/C26H24ClF9N2O2/c1-13-7-16(8-14(2)22(13)27)18(24(3,29)30)10-20(28)15-5-6-17(19(9-15)26(34,35)36)23(40)37-11-21(39)38(4)12-25(31,32)33/h5-10,18H,11-12H2,1-4H3,(H,37,40)/b20-10-. The molecular formula is C26H24ClF9N2O2. The van der Waals surface area contributed by atoms with Gasteiger partial charge in [0.2, 0.25) is 5.91 Å². The van der Waals surface area contributed by atoms with Crippen molar-refractivity contribution in [3.05, 3.63) is 74.8 Å². The predicted octanol–water partition coefficient (Wildman–Crippen LogP) is 7.48. The van der Waals surface area contributed by atoms with Crippen LogP contribution in [0.15, 0.2) is 36.4 Å². The average molecular weight is 603 g/mol. The lowest BCUT2D eigenvalue weighted by Gasteiger charge is -2.23. The molecule has 220 valence electrons. The fraction of sp³-hybridized carbons (Fsp3) is 0.385. The molecular weight excluding hydrogens is 579 g/mol. The minimum atomic E-state index is -5.22. The normalized spacial score (nSPS) is 13.7. The number of hydrogen-bond acceptors (Lipinski definition) is 2. The van der Waals surface area contributed by atoms with E-state index >= 15 is 4.39 Å². The molecule has 1 atom stereocenters. The smallest absolute Gasteiger partial charge is 0.343 e. The molecule has 0 aliphatic carbocycles. The van der Waals surface area contributed by atoms with Crippen LogP contribution in [-0.2, 0) is 11.0 Å². The zero-order chi connectivity index (χ0) is 30.8. The highest BCUT2D eigenvalue weighted by molar-refractivity contribution is 6.32. The molecule has 0 saturated carbocycles. The van der Waals surface area contributed by atoms with Gasteiger partial charge in [-0.1, -0.05) is 29.8 Å². The molecule has 0 bridgehead atoms. The molecule has 2 aromatic rings. The van der Waals surface area contributed by atoms with Gasteiger partial charge in [-0.3, -0.25) is 9.59 Å². The number of rotatable bonds is 8. The quantitative estimate of drug-likeness (QED) is 0.319. The van der Waals surface area contributed by atoms with Gasteiger partial charge in [-0.2, -0.15) is 26.3 Å². The number of carbonyl (C=O) groups excluding carboxylic acids is 2. The Balaban J connectivity index is 2.42. The number of amides is 2. The van der Waals surface area contributed by atoms with E-state index in [0.29, 0.717) is 35.2 Å². The molecule has 2 rings (SSSR count). The van der Waals surface area contributed by atoms with Gasteiger partial charge in [-0.05, 0) is 48.7 Å². The molecule has 4 nitrogen and oxygen atoms in total. The van der Waals surface area contributed by atoms with Crippen molar-refractivity contribution in [2.45, 2.75) is 45.0 Å². The summed E-state index contributed by atoms with van der Waals surface area (Å²) in [4.78, 5) is 24.4. The molecule has 0 aromatic heterocycles. The van der Waals surface area contributed by atoms with E-state index in [0.717, 1.165) is 13.1 Å². The summed E-state index contributed by atoms with van der Waals surface area (Å²) in [6.45, 7) is 0.910. The molecule has 0 fully saturated rings. The first-order valence-electron chi connectivity index (χ1n) is 11.4. The Morgan fingerprint density at radius 2 is 1.55 bits per heavy atom. The third kappa shape index (κ3) is 8.64. The zero-order valence-corrected chi connectivity index (χ0v) is 22.3. The number of nitrogens with zero attached hydrogens (tertiary/aromatic N) is 1. The molecule has 1 N–H and O–H groups in total. The maximum atomic E-state index is 15.2. The summed E-state index contributed by atoms with van der Waals surface area (Å²) in [5.41, 5.74) is -2.65. The SMILES string of the molecule is Cc1cc(C(/C=C(\F)c2ccc(C(=O)NCC(=O)N(C)CC(F)(F)F)c(C(F)(F)F)c2)C(C)(F)F)cc(C)c1Cl.